The molecule has 1 saturated heterocycles. The zero-order valence-electron chi connectivity index (χ0n) is 9.19. The smallest absolute Gasteiger partial charge is 0.410 e. The summed E-state index contributed by atoms with van der Waals surface area (Å²) in [6.07, 6.45) is -4.98. The highest BCUT2D eigenvalue weighted by atomic mass is 32.2. The maximum absolute atomic E-state index is 13.9. The maximum atomic E-state index is 13.9. The molecule has 0 aromatic heterocycles. The number of aliphatic imine (C=N–C) groups is 1. The van der Waals surface area contributed by atoms with E-state index in [0.717, 1.165) is 11.8 Å². The van der Waals surface area contributed by atoms with Gasteiger partial charge in [0.2, 0.25) is 0 Å². The fourth-order valence-corrected chi connectivity index (χ4v) is 3.01. The van der Waals surface area contributed by atoms with Gasteiger partial charge in [0, 0.05) is 6.61 Å². The Morgan fingerprint density at radius 1 is 1.61 bits per heavy atom. The number of thioether (sulfide) groups is 1. The molecule has 0 bridgehead atoms. The summed E-state index contributed by atoms with van der Waals surface area (Å²) in [6, 6.07) is -0.929. The highest BCUT2D eigenvalue weighted by molar-refractivity contribution is 8.14. The second-order valence-corrected chi connectivity index (χ2v) is 5.05. The van der Waals surface area contributed by atoms with Gasteiger partial charge in [-0.15, -0.1) is 0 Å². The van der Waals surface area contributed by atoms with Crippen LogP contribution >= 0.6 is 11.8 Å². The second-order valence-electron chi connectivity index (χ2n) is 3.96. The minimum Gasteiger partial charge on any atom is -0.465 e. The van der Waals surface area contributed by atoms with Crippen LogP contribution in [0.4, 0.5) is 9.18 Å². The lowest BCUT2D eigenvalue weighted by Crippen LogP contribution is -2.52. The molecule has 0 radical (unpaired) electrons. The van der Waals surface area contributed by atoms with Crippen molar-refractivity contribution in [1.29, 1.82) is 0 Å². The molecule has 0 saturated carbocycles. The van der Waals surface area contributed by atoms with Crippen LogP contribution in [0, 0.1) is 0 Å². The summed E-state index contributed by atoms with van der Waals surface area (Å²) >= 11 is 0.961. The van der Waals surface area contributed by atoms with Crippen molar-refractivity contribution in [1.82, 2.24) is 5.32 Å². The van der Waals surface area contributed by atoms with Gasteiger partial charge in [0.1, 0.15) is 17.6 Å². The van der Waals surface area contributed by atoms with E-state index in [1.165, 1.54) is 0 Å². The van der Waals surface area contributed by atoms with Gasteiger partial charge in [-0.05, 0) is 6.42 Å². The number of amidine groups is 1. The molecule has 18 heavy (non-hydrogen) atoms. The molecule has 0 aromatic rings. The summed E-state index contributed by atoms with van der Waals surface area (Å²) in [4.78, 5) is 14.3. The average molecular weight is 280 g/mol. The van der Waals surface area contributed by atoms with Crippen molar-refractivity contribution < 1.29 is 29.2 Å². The first-order chi connectivity index (χ1) is 8.52. The fourth-order valence-electron chi connectivity index (χ4n) is 1.92. The number of hydrogen-bond donors (Lipinski definition) is 4. The fraction of sp³-hybridized carbons (Fsp3) is 0.778. The lowest BCUT2D eigenvalue weighted by molar-refractivity contribution is -0.136. The number of rotatable bonds is 2. The third-order valence-corrected chi connectivity index (χ3v) is 3.80. The predicted molar refractivity (Wildman–Crippen MR) is 61.2 cm³/mol. The summed E-state index contributed by atoms with van der Waals surface area (Å²) in [6.45, 7) is -0.225. The SMILES string of the molecule is O=C(O)NC1=N[C@@H]2[C@@H](F)[C@H](O)[C@@H](CCO)O[C@@H]2S1. The molecule has 0 aromatic carbocycles. The molecule has 2 aliphatic rings. The molecule has 0 aliphatic carbocycles. The van der Waals surface area contributed by atoms with E-state index < -0.39 is 36.0 Å². The maximum Gasteiger partial charge on any atom is 0.410 e. The standard InChI is InChI=1S/C9H13FN2O5S/c10-4-5-7(17-3(1-2-13)6(4)14)18-8(11-5)12-9(15)16/h3-7,13-14H,1-2H2,(H,11,12)(H,15,16)/t3-,4-,5-,6-,7-/m1/s1. The van der Waals surface area contributed by atoms with Crippen LogP contribution in [0.5, 0.6) is 0 Å². The number of carbonyl (C=O) groups is 1. The Labute approximate surface area is 106 Å². The number of nitrogens with zero attached hydrogens (tertiary/aromatic N) is 1. The highest BCUT2D eigenvalue weighted by Gasteiger charge is 2.49. The Morgan fingerprint density at radius 2 is 2.33 bits per heavy atom. The van der Waals surface area contributed by atoms with E-state index in [9.17, 15) is 14.3 Å². The van der Waals surface area contributed by atoms with Gasteiger partial charge in [0.25, 0.3) is 0 Å². The number of aliphatic hydroxyl groups is 2. The summed E-state index contributed by atoms with van der Waals surface area (Å²) < 4.78 is 19.3. The Bertz CT molecular complexity index is 369. The monoisotopic (exact) mass is 280 g/mol. The van der Waals surface area contributed by atoms with Crippen molar-refractivity contribution >= 4 is 23.0 Å². The van der Waals surface area contributed by atoms with Gasteiger partial charge in [0.05, 0.1) is 6.10 Å². The lowest BCUT2D eigenvalue weighted by atomic mass is 9.98. The molecule has 1 fully saturated rings. The van der Waals surface area contributed by atoms with Crippen LogP contribution < -0.4 is 5.32 Å². The van der Waals surface area contributed by atoms with E-state index in [1.807, 2.05) is 5.32 Å². The lowest BCUT2D eigenvalue weighted by Gasteiger charge is -2.36. The van der Waals surface area contributed by atoms with E-state index in [4.69, 9.17) is 14.9 Å². The summed E-state index contributed by atoms with van der Waals surface area (Å²) in [5.74, 6) is 0. The molecule has 9 heteroatoms. The Hall–Kier alpha value is -0.900. The van der Waals surface area contributed by atoms with Crippen molar-refractivity contribution in [3.8, 4) is 0 Å². The molecule has 2 aliphatic heterocycles. The van der Waals surface area contributed by atoms with E-state index in [2.05, 4.69) is 4.99 Å². The van der Waals surface area contributed by atoms with Crippen molar-refractivity contribution in [3.63, 3.8) is 0 Å². The normalized spacial score (nSPS) is 39.1. The molecule has 0 spiro atoms. The predicted octanol–water partition coefficient (Wildman–Crippen LogP) is -0.468. The number of amides is 1. The number of halogens is 1. The molecule has 1 amide bonds. The topological polar surface area (TPSA) is 111 Å². The van der Waals surface area contributed by atoms with E-state index >= 15 is 0 Å². The molecule has 2 heterocycles. The first-order valence-electron chi connectivity index (χ1n) is 5.35. The molecule has 7 nitrogen and oxygen atoms in total. The minimum absolute atomic E-state index is 0.0528. The number of aliphatic hydroxyl groups excluding tert-OH is 2. The van der Waals surface area contributed by atoms with Crippen molar-refractivity contribution in [2.45, 2.75) is 36.3 Å². The molecular formula is C9H13FN2O5S. The van der Waals surface area contributed by atoms with Crippen LogP contribution in [0.1, 0.15) is 6.42 Å². The van der Waals surface area contributed by atoms with Crippen LogP contribution in [-0.2, 0) is 4.74 Å². The van der Waals surface area contributed by atoms with Crippen molar-refractivity contribution in [2.24, 2.45) is 4.99 Å². The van der Waals surface area contributed by atoms with Crippen LogP contribution in [0.2, 0.25) is 0 Å². The summed E-state index contributed by atoms with van der Waals surface area (Å²) in [5.41, 5.74) is -0.679. The Kier molecular flexibility index (Phi) is 4.05. The van der Waals surface area contributed by atoms with E-state index in [0.29, 0.717) is 0 Å². The first-order valence-corrected chi connectivity index (χ1v) is 6.23. The van der Waals surface area contributed by atoms with Gasteiger partial charge in [-0.25, -0.2) is 9.18 Å². The summed E-state index contributed by atoms with van der Waals surface area (Å²) in [5, 5.41) is 29.1. The van der Waals surface area contributed by atoms with Gasteiger partial charge in [0.15, 0.2) is 11.3 Å². The zero-order valence-corrected chi connectivity index (χ0v) is 10.0. The number of nitrogens with one attached hydrogen (secondary N) is 1. The van der Waals surface area contributed by atoms with E-state index in [1.54, 1.807) is 0 Å². The van der Waals surface area contributed by atoms with Gasteiger partial charge >= 0.3 is 6.09 Å². The van der Waals surface area contributed by atoms with Gasteiger partial charge in [-0.3, -0.25) is 10.3 Å². The first kappa shape index (κ1) is 13.5. The average Bonchev–Trinajstić information content (AvgIpc) is 2.67. The molecule has 4 N–H and O–H groups in total. The van der Waals surface area contributed by atoms with Crippen LogP contribution in [-0.4, -0.2) is 63.0 Å². The molecule has 0 unspecified atom stereocenters. The number of ether oxygens (including phenoxy) is 1. The highest BCUT2D eigenvalue weighted by Crippen LogP contribution is 2.37. The van der Waals surface area contributed by atoms with Gasteiger partial charge in [-0.1, -0.05) is 11.8 Å². The number of hydrogen-bond acceptors (Lipinski definition) is 6. The molecule has 2 rings (SSSR count). The van der Waals surface area contributed by atoms with Crippen molar-refractivity contribution in [3.05, 3.63) is 0 Å². The largest absolute Gasteiger partial charge is 0.465 e. The molecule has 5 atom stereocenters. The number of carboxylic acid groups (broad SMARTS) is 1. The molecule has 102 valence electrons. The molecular weight excluding hydrogens is 267 g/mol. The number of fused-ring (bicyclic) bond motifs is 1. The summed E-state index contributed by atoms with van der Waals surface area (Å²) in [7, 11) is 0. The third-order valence-electron chi connectivity index (χ3n) is 2.74. The quantitative estimate of drug-likeness (QED) is 0.544. The second kappa shape index (κ2) is 5.39. The van der Waals surface area contributed by atoms with Crippen molar-refractivity contribution in [2.75, 3.05) is 6.61 Å². The van der Waals surface area contributed by atoms with Crippen LogP contribution in [0.25, 0.3) is 0 Å². The Morgan fingerprint density at radius 3 is 2.94 bits per heavy atom. The van der Waals surface area contributed by atoms with Gasteiger partial charge < -0.3 is 20.1 Å². The zero-order chi connectivity index (χ0) is 13.3. The van der Waals surface area contributed by atoms with Crippen LogP contribution in [0.3, 0.4) is 0 Å². The van der Waals surface area contributed by atoms with E-state index in [-0.39, 0.29) is 18.2 Å². The van der Waals surface area contributed by atoms with Crippen LogP contribution in [0.15, 0.2) is 4.99 Å². The third kappa shape index (κ3) is 2.58. The Balaban J connectivity index is 2.06. The number of alkyl halides is 1. The van der Waals surface area contributed by atoms with Gasteiger partial charge in [-0.2, -0.15) is 0 Å². The minimum atomic E-state index is -1.64.